The molecule has 0 unspecified atom stereocenters. The van der Waals surface area contributed by atoms with Crippen LogP contribution in [0.5, 0.6) is 5.75 Å². The number of carbonyl (C=O) groups excluding carboxylic acids is 1. The highest BCUT2D eigenvalue weighted by Crippen LogP contribution is 2.29. The van der Waals surface area contributed by atoms with Crippen LogP contribution in [0.4, 0.5) is 5.69 Å². The summed E-state index contributed by atoms with van der Waals surface area (Å²) in [4.78, 5) is 16.7. The van der Waals surface area contributed by atoms with Crippen LogP contribution in [0.3, 0.4) is 0 Å². The second-order valence-electron chi connectivity index (χ2n) is 6.60. The number of rotatable bonds is 3. The van der Waals surface area contributed by atoms with Gasteiger partial charge in [0.2, 0.25) is 0 Å². The zero-order valence-electron chi connectivity index (χ0n) is 14.3. The fraction of sp³-hybridized carbons (Fsp3) is 0.350. The molecule has 0 bridgehead atoms. The Morgan fingerprint density at radius 2 is 1.75 bits per heavy atom. The SMILES string of the molecule is CN(C)c1cccc(C(=O)N2CCC(c3ccc(O)cc3)CC2)c1. The minimum absolute atomic E-state index is 0.114. The Kier molecular flexibility index (Phi) is 4.74. The first-order chi connectivity index (χ1) is 11.5. The van der Waals surface area contributed by atoms with Gasteiger partial charge in [-0.25, -0.2) is 0 Å². The minimum Gasteiger partial charge on any atom is -0.508 e. The lowest BCUT2D eigenvalue weighted by molar-refractivity contribution is 0.0713. The Balaban J connectivity index is 1.65. The van der Waals surface area contributed by atoms with Crippen molar-refractivity contribution < 1.29 is 9.90 Å². The number of phenols is 1. The van der Waals surface area contributed by atoms with Gasteiger partial charge < -0.3 is 14.9 Å². The van der Waals surface area contributed by atoms with E-state index in [2.05, 4.69) is 0 Å². The maximum atomic E-state index is 12.7. The van der Waals surface area contributed by atoms with Crippen LogP contribution >= 0.6 is 0 Å². The molecule has 0 atom stereocenters. The van der Waals surface area contributed by atoms with Crippen LogP contribution in [-0.4, -0.2) is 43.1 Å². The fourth-order valence-corrected chi connectivity index (χ4v) is 3.26. The summed E-state index contributed by atoms with van der Waals surface area (Å²) in [6.07, 6.45) is 1.92. The van der Waals surface area contributed by atoms with Crippen molar-refractivity contribution in [2.24, 2.45) is 0 Å². The zero-order valence-corrected chi connectivity index (χ0v) is 14.3. The third kappa shape index (κ3) is 3.53. The van der Waals surface area contributed by atoms with Gasteiger partial charge in [0, 0.05) is 38.4 Å². The molecule has 1 aliphatic rings. The number of nitrogens with zero attached hydrogens (tertiary/aromatic N) is 2. The maximum Gasteiger partial charge on any atom is 0.253 e. The monoisotopic (exact) mass is 324 g/mol. The maximum absolute atomic E-state index is 12.7. The average molecular weight is 324 g/mol. The molecule has 0 aromatic heterocycles. The number of hydrogen-bond donors (Lipinski definition) is 1. The van der Waals surface area contributed by atoms with E-state index in [0.29, 0.717) is 11.7 Å². The number of phenolic OH excluding ortho intramolecular Hbond substituents is 1. The number of hydrogen-bond acceptors (Lipinski definition) is 3. The summed E-state index contributed by atoms with van der Waals surface area (Å²) in [6.45, 7) is 1.55. The van der Waals surface area contributed by atoms with Crippen molar-refractivity contribution in [1.82, 2.24) is 4.90 Å². The summed E-state index contributed by atoms with van der Waals surface area (Å²) in [7, 11) is 3.96. The lowest BCUT2D eigenvalue weighted by Crippen LogP contribution is -2.38. The summed E-state index contributed by atoms with van der Waals surface area (Å²) >= 11 is 0. The Hall–Kier alpha value is -2.49. The van der Waals surface area contributed by atoms with Crippen molar-refractivity contribution in [3.05, 3.63) is 59.7 Å². The van der Waals surface area contributed by atoms with Gasteiger partial charge in [-0.15, -0.1) is 0 Å². The van der Waals surface area contributed by atoms with Gasteiger partial charge in [-0.05, 0) is 54.7 Å². The standard InChI is InChI=1S/C20H24N2O2/c1-21(2)18-5-3-4-17(14-18)20(24)22-12-10-16(11-13-22)15-6-8-19(23)9-7-15/h3-9,14,16,23H,10-13H2,1-2H3. The van der Waals surface area contributed by atoms with E-state index in [1.807, 2.05) is 60.3 Å². The first kappa shape index (κ1) is 16.4. The summed E-state index contributed by atoms with van der Waals surface area (Å²) in [6, 6.07) is 15.2. The number of aromatic hydroxyl groups is 1. The van der Waals surface area contributed by atoms with Crippen LogP contribution in [0, 0.1) is 0 Å². The summed E-state index contributed by atoms with van der Waals surface area (Å²) in [5.74, 6) is 0.873. The molecule has 0 spiro atoms. The molecule has 1 saturated heterocycles. The Morgan fingerprint density at radius 3 is 2.38 bits per heavy atom. The molecule has 24 heavy (non-hydrogen) atoms. The second kappa shape index (κ2) is 6.95. The van der Waals surface area contributed by atoms with Crippen molar-refractivity contribution in [3.63, 3.8) is 0 Å². The number of amides is 1. The molecule has 1 aliphatic heterocycles. The second-order valence-corrected chi connectivity index (χ2v) is 6.60. The molecule has 4 heteroatoms. The van der Waals surface area contributed by atoms with E-state index in [1.165, 1.54) is 5.56 Å². The molecule has 1 amide bonds. The van der Waals surface area contributed by atoms with Crippen molar-refractivity contribution in [1.29, 1.82) is 0 Å². The van der Waals surface area contributed by atoms with Crippen molar-refractivity contribution in [3.8, 4) is 5.75 Å². The molecular weight excluding hydrogens is 300 g/mol. The van der Waals surface area contributed by atoms with E-state index in [9.17, 15) is 9.90 Å². The van der Waals surface area contributed by atoms with Gasteiger partial charge >= 0.3 is 0 Å². The Labute approximate surface area is 143 Å². The normalized spacial score (nSPS) is 15.3. The molecule has 1 heterocycles. The molecule has 0 saturated carbocycles. The van der Waals surface area contributed by atoms with Gasteiger partial charge in [-0.1, -0.05) is 18.2 Å². The first-order valence-electron chi connectivity index (χ1n) is 8.40. The molecule has 126 valence electrons. The molecule has 4 nitrogen and oxygen atoms in total. The van der Waals surface area contributed by atoms with Gasteiger partial charge in [0.05, 0.1) is 0 Å². The van der Waals surface area contributed by atoms with E-state index < -0.39 is 0 Å². The first-order valence-corrected chi connectivity index (χ1v) is 8.40. The molecule has 2 aromatic carbocycles. The largest absolute Gasteiger partial charge is 0.508 e. The van der Waals surface area contributed by atoms with Gasteiger partial charge in [0.15, 0.2) is 0 Å². The number of likely N-dealkylation sites (tertiary alicyclic amines) is 1. The van der Waals surface area contributed by atoms with Gasteiger partial charge in [-0.3, -0.25) is 4.79 Å². The predicted molar refractivity (Wildman–Crippen MR) is 96.8 cm³/mol. The minimum atomic E-state index is 0.114. The smallest absolute Gasteiger partial charge is 0.253 e. The number of benzene rings is 2. The van der Waals surface area contributed by atoms with Gasteiger partial charge in [-0.2, -0.15) is 0 Å². The topological polar surface area (TPSA) is 43.8 Å². The van der Waals surface area contributed by atoms with Crippen molar-refractivity contribution >= 4 is 11.6 Å². The lowest BCUT2D eigenvalue weighted by atomic mass is 9.89. The Morgan fingerprint density at radius 1 is 1.08 bits per heavy atom. The summed E-state index contributed by atoms with van der Waals surface area (Å²) in [5.41, 5.74) is 3.04. The van der Waals surface area contributed by atoms with Crippen molar-refractivity contribution in [2.75, 3.05) is 32.1 Å². The molecule has 0 aliphatic carbocycles. The Bertz CT molecular complexity index is 702. The zero-order chi connectivity index (χ0) is 17.1. The summed E-state index contributed by atoms with van der Waals surface area (Å²) in [5, 5.41) is 9.40. The van der Waals surface area contributed by atoms with Gasteiger partial charge in [0.1, 0.15) is 5.75 Å². The van der Waals surface area contributed by atoms with Crippen LogP contribution < -0.4 is 4.90 Å². The molecule has 3 rings (SSSR count). The molecule has 2 aromatic rings. The van der Waals surface area contributed by atoms with E-state index in [-0.39, 0.29) is 5.91 Å². The number of carbonyl (C=O) groups is 1. The highest BCUT2D eigenvalue weighted by molar-refractivity contribution is 5.95. The van der Waals surface area contributed by atoms with Crippen molar-refractivity contribution in [2.45, 2.75) is 18.8 Å². The third-order valence-electron chi connectivity index (χ3n) is 4.76. The summed E-state index contributed by atoms with van der Waals surface area (Å²) < 4.78 is 0. The number of anilines is 1. The van der Waals surface area contributed by atoms with Crippen LogP contribution in [-0.2, 0) is 0 Å². The van der Waals surface area contributed by atoms with Crippen LogP contribution in [0.25, 0.3) is 0 Å². The molecular formula is C20H24N2O2. The van der Waals surface area contributed by atoms with Crippen LogP contribution in [0.2, 0.25) is 0 Å². The quantitative estimate of drug-likeness (QED) is 0.940. The van der Waals surface area contributed by atoms with Crippen LogP contribution in [0.15, 0.2) is 48.5 Å². The van der Waals surface area contributed by atoms with E-state index in [1.54, 1.807) is 12.1 Å². The highest BCUT2D eigenvalue weighted by atomic mass is 16.3. The lowest BCUT2D eigenvalue weighted by Gasteiger charge is -2.32. The predicted octanol–water partition coefficient (Wildman–Crippen LogP) is 3.48. The average Bonchev–Trinajstić information content (AvgIpc) is 2.62. The van der Waals surface area contributed by atoms with E-state index in [0.717, 1.165) is 37.2 Å². The third-order valence-corrected chi connectivity index (χ3v) is 4.76. The molecule has 1 fully saturated rings. The van der Waals surface area contributed by atoms with E-state index >= 15 is 0 Å². The fourth-order valence-electron chi connectivity index (χ4n) is 3.26. The molecule has 1 N–H and O–H groups in total. The van der Waals surface area contributed by atoms with Gasteiger partial charge in [0.25, 0.3) is 5.91 Å². The van der Waals surface area contributed by atoms with E-state index in [4.69, 9.17) is 0 Å². The molecule has 0 radical (unpaired) electrons. The number of piperidine rings is 1. The highest BCUT2D eigenvalue weighted by Gasteiger charge is 2.24. The van der Waals surface area contributed by atoms with Crippen LogP contribution in [0.1, 0.15) is 34.7 Å².